The standard InChI is InChI=1S/C31H37F2N3O5S/c1-40-23-11-12-24-21(15-23)13-14-36(31(39)34-18-27(37)41-19-20-9-7-6-8-10-20)28(24)30(38)35-22-16-25(32)29(26(33)17-22)42(2,3,4)5/h6-12,15-17,28,42H,13-14,18-19H2,1-5H3,(H,34,39)(H,35,38). The average molecular weight is 602 g/mol. The summed E-state index contributed by atoms with van der Waals surface area (Å²) in [7, 11) is -1.27. The molecule has 0 aliphatic carbocycles. The van der Waals surface area contributed by atoms with Crippen LogP contribution in [0.15, 0.2) is 65.6 Å². The van der Waals surface area contributed by atoms with Crippen molar-refractivity contribution in [2.45, 2.75) is 24.0 Å². The molecule has 11 heteroatoms. The van der Waals surface area contributed by atoms with Crippen LogP contribution in [-0.4, -0.2) is 68.0 Å². The van der Waals surface area contributed by atoms with Gasteiger partial charge in [-0.2, -0.15) is 0 Å². The van der Waals surface area contributed by atoms with Crippen molar-refractivity contribution < 1.29 is 32.6 Å². The molecule has 1 aliphatic heterocycles. The molecule has 1 atom stereocenters. The van der Waals surface area contributed by atoms with Gasteiger partial charge in [0.15, 0.2) is 0 Å². The number of halogens is 2. The number of hydrogen-bond acceptors (Lipinski definition) is 5. The fourth-order valence-electron chi connectivity index (χ4n) is 4.97. The Labute approximate surface area is 244 Å². The van der Waals surface area contributed by atoms with Gasteiger partial charge in [-0.25, -0.2) is 13.6 Å². The van der Waals surface area contributed by atoms with Crippen molar-refractivity contribution >= 4 is 32.8 Å². The first-order valence-electron chi connectivity index (χ1n) is 13.5. The summed E-state index contributed by atoms with van der Waals surface area (Å²) in [4.78, 5) is 40.5. The van der Waals surface area contributed by atoms with Crippen molar-refractivity contribution in [3.8, 4) is 5.75 Å². The van der Waals surface area contributed by atoms with E-state index in [0.717, 1.165) is 23.3 Å². The van der Waals surface area contributed by atoms with Crippen LogP contribution in [-0.2, 0) is 27.4 Å². The number of anilines is 1. The molecule has 0 saturated carbocycles. The van der Waals surface area contributed by atoms with Crippen LogP contribution in [0.5, 0.6) is 5.75 Å². The molecule has 2 N–H and O–H groups in total. The van der Waals surface area contributed by atoms with E-state index < -0.39 is 51.3 Å². The lowest BCUT2D eigenvalue weighted by Gasteiger charge is -2.47. The van der Waals surface area contributed by atoms with Gasteiger partial charge in [-0.1, -0.05) is 36.4 Å². The van der Waals surface area contributed by atoms with Crippen LogP contribution in [0.2, 0.25) is 0 Å². The van der Waals surface area contributed by atoms with Crippen molar-refractivity contribution in [2.75, 3.05) is 50.5 Å². The zero-order valence-corrected chi connectivity index (χ0v) is 25.3. The van der Waals surface area contributed by atoms with Crippen LogP contribution in [0, 0.1) is 11.6 Å². The highest BCUT2D eigenvalue weighted by Crippen LogP contribution is 2.65. The molecule has 0 bridgehead atoms. The molecule has 0 spiro atoms. The normalized spacial score (nSPS) is 15.5. The number of nitrogens with one attached hydrogen (secondary N) is 2. The number of esters is 1. The molecule has 1 heterocycles. The van der Waals surface area contributed by atoms with E-state index in [1.54, 1.807) is 18.2 Å². The predicted octanol–water partition coefficient (Wildman–Crippen LogP) is 4.92. The van der Waals surface area contributed by atoms with Crippen LogP contribution >= 0.6 is 9.16 Å². The molecular formula is C31H37F2N3O5S. The summed E-state index contributed by atoms with van der Waals surface area (Å²) < 4.78 is 40.8. The maximum atomic E-state index is 15.1. The summed E-state index contributed by atoms with van der Waals surface area (Å²) in [5.74, 6) is -2.19. The van der Waals surface area contributed by atoms with Crippen LogP contribution < -0.4 is 15.4 Å². The van der Waals surface area contributed by atoms with E-state index in [1.165, 1.54) is 12.0 Å². The molecule has 0 fully saturated rings. The third-order valence-corrected chi connectivity index (χ3v) is 9.11. The molecule has 3 aromatic rings. The molecule has 3 amide bonds. The van der Waals surface area contributed by atoms with E-state index in [9.17, 15) is 14.4 Å². The fraction of sp³-hybridized carbons (Fsp3) is 0.323. The van der Waals surface area contributed by atoms with Gasteiger partial charge in [-0.15, -0.1) is 0 Å². The zero-order valence-electron chi connectivity index (χ0n) is 24.4. The molecule has 1 unspecified atom stereocenters. The van der Waals surface area contributed by atoms with E-state index in [1.807, 2.05) is 55.4 Å². The van der Waals surface area contributed by atoms with Gasteiger partial charge in [-0.3, -0.25) is 18.8 Å². The van der Waals surface area contributed by atoms with Gasteiger partial charge in [-0.05, 0) is 72.4 Å². The van der Waals surface area contributed by atoms with E-state index >= 15 is 8.78 Å². The van der Waals surface area contributed by atoms with Crippen LogP contribution in [0.4, 0.5) is 19.3 Å². The Balaban J connectivity index is 1.54. The number of methoxy groups -OCH3 is 1. The number of ether oxygens (including phenoxy) is 2. The molecule has 226 valence electrons. The number of carbonyl (C=O) groups excluding carboxylic acids is 3. The van der Waals surface area contributed by atoms with E-state index in [-0.39, 0.29) is 23.7 Å². The Bertz CT molecular complexity index is 1480. The first-order chi connectivity index (χ1) is 19.7. The minimum atomic E-state index is -2.79. The van der Waals surface area contributed by atoms with E-state index in [4.69, 9.17) is 9.47 Å². The van der Waals surface area contributed by atoms with Gasteiger partial charge in [0.25, 0.3) is 5.91 Å². The summed E-state index contributed by atoms with van der Waals surface area (Å²) in [6, 6.07) is 14.7. The number of carbonyl (C=O) groups is 3. The van der Waals surface area contributed by atoms with Gasteiger partial charge in [0.1, 0.15) is 36.6 Å². The van der Waals surface area contributed by atoms with Gasteiger partial charge < -0.3 is 25.0 Å². The first kappa shape index (κ1) is 30.8. The summed E-state index contributed by atoms with van der Waals surface area (Å²) >= 11 is 0. The van der Waals surface area contributed by atoms with Crippen LogP contribution in [0.1, 0.15) is 22.7 Å². The Morgan fingerprint density at radius 1 is 0.976 bits per heavy atom. The van der Waals surface area contributed by atoms with Crippen LogP contribution in [0.25, 0.3) is 0 Å². The second-order valence-corrected chi connectivity index (χ2v) is 19.7. The summed E-state index contributed by atoms with van der Waals surface area (Å²) in [6.07, 6.45) is 7.78. The molecule has 0 aromatic heterocycles. The van der Waals surface area contributed by atoms with Crippen molar-refractivity contribution in [3.63, 3.8) is 0 Å². The van der Waals surface area contributed by atoms with Crippen LogP contribution in [0.3, 0.4) is 0 Å². The molecule has 0 saturated heterocycles. The number of nitrogens with zero attached hydrogens (tertiary/aromatic N) is 1. The number of thiol groups is 1. The number of rotatable bonds is 8. The van der Waals surface area contributed by atoms with Crippen molar-refractivity contribution in [1.29, 1.82) is 0 Å². The average Bonchev–Trinajstić information content (AvgIpc) is 2.92. The molecule has 3 aromatic carbocycles. The number of benzene rings is 3. The highest BCUT2D eigenvalue weighted by molar-refractivity contribution is 8.47. The Morgan fingerprint density at radius 2 is 1.64 bits per heavy atom. The maximum absolute atomic E-state index is 15.1. The predicted molar refractivity (Wildman–Crippen MR) is 162 cm³/mol. The monoisotopic (exact) mass is 601 g/mol. The van der Waals surface area contributed by atoms with Crippen molar-refractivity contribution in [1.82, 2.24) is 10.2 Å². The largest absolute Gasteiger partial charge is 0.497 e. The third-order valence-electron chi connectivity index (χ3n) is 6.89. The SMILES string of the molecule is COc1ccc2c(c1)CCN(C(=O)NCC(=O)OCc1ccccc1)C2C(=O)Nc1cc(F)c([SH](C)(C)(C)C)c(F)c1. The molecule has 1 aliphatic rings. The Kier molecular flexibility index (Phi) is 8.81. The molecular weight excluding hydrogens is 564 g/mol. The maximum Gasteiger partial charge on any atom is 0.325 e. The molecule has 4 rings (SSSR count). The van der Waals surface area contributed by atoms with Gasteiger partial charge >= 0.3 is 12.0 Å². The second-order valence-electron chi connectivity index (χ2n) is 12.1. The fourth-order valence-corrected chi connectivity index (χ4v) is 6.81. The van der Waals surface area contributed by atoms with Gasteiger partial charge in [0.05, 0.1) is 7.11 Å². The zero-order chi connectivity index (χ0) is 30.7. The number of urea groups is 1. The van der Waals surface area contributed by atoms with Gasteiger partial charge in [0, 0.05) is 17.1 Å². The summed E-state index contributed by atoms with van der Waals surface area (Å²) in [5, 5.41) is 5.12. The number of hydrogen-bond donors (Lipinski definition) is 3. The summed E-state index contributed by atoms with van der Waals surface area (Å²) in [6.45, 7) is -0.198. The molecule has 8 nitrogen and oxygen atoms in total. The Morgan fingerprint density at radius 3 is 2.26 bits per heavy atom. The molecule has 0 radical (unpaired) electrons. The highest BCUT2D eigenvalue weighted by Gasteiger charge is 2.37. The minimum Gasteiger partial charge on any atom is -0.497 e. The highest BCUT2D eigenvalue weighted by atomic mass is 32.3. The topological polar surface area (TPSA) is 97.0 Å². The Hall–Kier alpha value is -4.12. The van der Waals surface area contributed by atoms with Crippen molar-refractivity contribution in [3.05, 3.63) is 89.0 Å². The lowest BCUT2D eigenvalue weighted by molar-refractivity contribution is -0.143. The third kappa shape index (κ3) is 7.20. The first-order valence-corrected chi connectivity index (χ1v) is 17.5. The summed E-state index contributed by atoms with van der Waals surface area (Å²) in [5.41, 5.74) is 2.06. The van der Waals surface area contributed by atoms with E-state index in [0.29, 0.717) is 17.7 Å². The van der Waals surface area contributed by atoms with Gasteiger partial charge in [0.2, 0.25) is 0 Å². The second kappa shape index (κ2) is 12.0. The minimum absolute atomic E-state index is 0.0225. The van der Waals surface area contributed by atoms with E-state index in [2.05, 4.69) is 10.6 Å². The quantitative estimate of drug-likeness (QED) is 0.252. The number of amides is 3. The lowest BCUT2D eigenvalue weighted by atomic mass is 9.91. The lowest BCUT2D eigenvalue weighted by Crippen LogP contribution is -2.50. The smallest absolute Gasteiger partial charge is 0.325 e. The number of fused-ring (bicyclic) bond motifs is 1. The van der Waals surface area contributed by atoms with Crippen molar-refractivity contribution in [2.24, 2.45) is 0 Å². The molecule has 42 heavy (non-hydrogen) atoms.